The highest BCUT2D eigenvalue weighted by atomic mass is 35.5. The molecule has 0 saturated carbocycles. The number of carbonyl (C=O) groups excluding carboxylic acids is 1. The predicted octanol–water partition coefficient (Wildman–Crippen LogP) is 4.88. The highest BCUT2D eigenvalue weighted by molar-refractivity contribution is 8.00. The summed E-state index contributed by atoms with van der Waals surface area (Å²) in [6.07, 6.45) is -4.51. The summed E-state index contributed by atoms with van der Waals surface area (Å²) in [4.78, 5) is 20.7. The van der Waals surface area contributed by atoms with Gasteiger partial charge in [-0.15, -0.1) is 0 Å². The van der Waals surface area contributed by atoms with E-state index in [4.69, 9.17) is 11.6 Å². The SMILES string of the molecule is Cc1cc(S[C@@H](C)C(=O)Nc2cc(C(F)(F)F)ccc2Cl)nc(C)n1. The summed E-state index contributed by atoms with van der Waals surface area (Å²) in [5, 5.41) is 2.50. The minimum Gasteiger partial charge on any atom is -0.324 e. The number of aromatic nitrogens is 2. The molecule has 1 N–H and O–H groups in total. The Kier molecular flexibility index (Phi) is 5.95. The zero-order valence-corrected chi connectivity index (χ0v) is 15.2. The number of rotatable bonds is 4. The summed E-state index contributed by atoms with van der Waals surface area (Å²) < 4.78 is 38.4. The van der Waals surface area contributed by atoms with Gasteiger partial charge in [0.1, 0.15) is 10.9 Å². The Bertz CT molecular complexity index is 778. The Morgan fingerprint density at radius 2 is 1.92 bits per heavy atom. The predicted molar refractivity (Wildman–Crippen MR) is 91.9 cm³/mol. The largest absolute Gasteiger partial charge is 0.416 e. The molecule has 0 unspecified atom stereocenters. The smallest absolute Gasteiger partial charge is 0.324 e. The number of hydrogen-bond acceptors (Lipinski definition) is 4. The van der Waals surface area contributed by atoms with Crippen LogP contribution in [-0.4, -0.2) is 21.1 Å². The average Bonchev–Trinajstić information content (AvgIpc) is 2.47. The third-order valence-electron chi connectivity index (χ3n) is 3.16. The molecule has 0 fully saturated rings. The lowest BCUT2D eigenvalue weighted by Gasteiger charge is -2.14. The Morgan fingerprint density at radius 1 is 1.24 bits per heavy atom. The number of nitrogens with zero attached hydrogens (tertiary/aromatic N) is 2. The van der Waals surface area contributed by atoms with Crippen molar-refractivity contribution in [3.8, 4) is 0 Å². The number of alkyl halides is 3. The topological polar surface area (TPSA) is 54.9 Å². The molecular formula is C16H15ClF3N3OS. The van der Waals surface area contributed by atoms with Crippen LogP contribution in [0.5, 0.6) is 0 Å². The van der Waals surface area contributed by atoms with Crippen molar-refractivity contribution >= 4 is 35.0 Å². The first-order chi connectivity index (χ1) is 11.6. The monoisotopic (exact) mass is 389 g/mol. The van der Waals surface area contributed by atoms with Gasteiger partial charge in [0.2, 0.25) is 5.91 Å². The van der Waals surface area contributed by atoms with E-state index in [1.54, 1.807) is 19.9 Å². The van der Waals surface area contributed by atoms with Gasteiger partial charge in [0.15, 0.2) is 0 Å². The minimum atomic E-state index is -4.51. The number of aryl methyl sites for hydroxylation is 2. The average molecular weight is 390 g/mol. The van der Waals surface area contributed by atoms with Gasteiger partial charge in [-0.1, -0.05) is 23.4 Å². The molecule has 0 radical (unpaired) electrons. The Labute approximate surface area is 152 Å². The lowest BCUT2D eigenvalue weighted by atomic mass is 10.2. The van der Waals surface area contributed by atoms with Gasteiger partial charge in [-0.25, -0.2) is 9.97 Å². The van der Waals surface area contributed by atoms with Gasteiger partial charge in [-0.05, 0) is 45.0 Å². The molecule has 0 aliphatic heterocycles. The lowest BCUT2D eigenvalue weighted by molar-refractivity contribution is -0.137. The summed E-state index contributed by atoms with van der Waals surface area (Å²) >= 11 is 7.07. The molecule has 2 rings (SSSR count). The molecule has 9 heteroatoms. The van der Waals surface area contributed by atoms with Crippen LogP contribution >= 0.6 is 23.4 Å². The number of amides is 1. The molecule has 134 valence electrons. The van der Waals surface area contributed by atoms with Crippen molar-refractivity contribution < 1.29 is 18.0 Å². The first-order valence-electron chi connectivity index (χ1n) is 7.23. The van der Waals surface area contributed by atoms with Gasteiger partial charge < -0.3 is 5.32 Å². The first kappa shape index (κ1) is 19.5. The summed E-state index contributed by atoms with van der Waals surface area (Å²) in [6.45, 7) is 5.18. The molecule has 4 nitrogen and oxygen atoms in total. The second-order valence-electron chi connectivity index (χ2n) is 5.34. The third kappa shape index (κ3) is 5.34. The standard InChI is InChI=1S/C16H15ClF3N3OS/c1-8-6-14(22-10(3)21-8)25-9(2)15(24)23-13-7-11(16(18,19)20)4-5-12(13)17/h4-7,9H,1-3H3,(H,23,24)/t9-/m0/s1. The molecule has 1 aromatic heterocycles. The first-order valence-corrected chi connectivity index (χ1v) is 8.48. The minimum absolute atomic E-state index is 0.0345. The maximum absolute atomic E-state index is 12.8. The number of thioether (sulfide) groups is 1. The second-order valence-corrected chi connectivity index (χ2v) is 7.10. The van der Waals surface area contributed by atoms with E-state index in [-0.39, 0.29) is 10.7 Å². The summed E-state index contributed by atoms with van der Waals surface area (Å²) in [5.74, 6) is 0.108. The van der Waals surface area contributed by atoms with Crippen LogP contribution in [0.15, 0.2) is 29.3 Å². The van der Waals surface area contributed by atoms with Crippen LogP contribution in [0.4, 0.5) is 18.9 Å². The summed E-state index contributed by atoms with van der Waals surface area (Å²) in [5.41, 5.74) is -0.193. The van der Waals surface area contributed by atoms with E-state index in [2.05, 4.69) is 15.3 Å². The maximum atomic E-state index is 12.8. The highest BCUT2D eigenvalue weighted by Gasteiger charge is 2.31. The van der Waals surface area contributed by atoms with Crippen molar-refractivity contribution in [2.24, 2.45) is 0 Å². The van der Waals surface area contributed by atoms with E-state index in [9.17, 15) is 18.0 Å². The normalized spacial score (nSPS) is 12.8. The molecule has 0 saturated heterocycles. The Morgan fingerprint density at radius 3 is 2.52 bits per heavy atom. The van der Waals surface area contributed by atoms with Crippen molar-refractivity contribution in [1.82, 2.24) is 9.97 Å². The Balaban J connectivity index is 2.13. The molecule has 2 aromatic rings. The zero-order valence-electron chi connectivity index (χ0n) is 13.6. The number of hydrogen-bond donors (Lipinski definition) is 1. The van der Waals surface area contributed by atoms with Gasteiger partial charge in [-0.2, -0.15) is 13.2 Å². The third-order valence-corrected chi connectivity index (χ3v) is 4.51. The fraction of sp³-hybridized carbons (Fsp3) is 0.312. The van der Waals surface area contributed by atoms with Gasteiger partial charge in [-0.3, -0.25) is 4.79 Å². The van der Waals surface area contributed by atoms with Crippen molar-refractivity contribution in [2.45, 2.75) is 37.2 Å². The molecule has 25 heavy (non-hydrogen) atoms. The number of nitrogens with one attached hydrogen (secondary N) is 1. The van der Waals surface area contributed by atoms with Crippen LogP contribution in [0.1, 0.15) is 24.0 Å². The molecule has 1 aromatic carbocycles. The van der Waals surface area contributed by atoms with Crippen molar-refractivity contribution in [2.75, 3.05) is 5.32 Å². The molecule has 1 atom stereocenters. The number of carbonyl (C=O) groups is 1. The summed E-state index contributed by atoms with van der Waals surface area (Å²) in [6, 6.07) is 4.52. The van der Waals surface area contributed by atoms with Crippen molar-refractivity contribution in [3.05, 3.63) is 46.4 Å². The van der Waals surface area contributed by atoms with Gasteiger partial charge >= 0.3 is 6.18 Å². The highest BCUT2D eigenvalue weighted by Crippen LogP contribution is 2.34. The van der Waals surface area contributed by atoms with Crippen LogP contribution in [-0.2, 0) is 11.0 Å². The van der Waals surface area contributed by atoms with Crippen LogP contribution in [0, 0.1) is 13.8 Å². The molecule has 0 aliphatic rings. The maximum Gasteiger partial charge on any atom is 0.416 e. The quantitative estimate of drug-likeness (QED) is 0.597. The molecular weight excluding hydrogens is 375 g/mol. The molecule has 0 aliphatic carbocycles. The van der Waals surface area contributed by atoms with E-state index >= 15 is 0 Å². The van der Waals surface area contributed by atoms with Crippen LogP contribution in [0.2, 0.25) is 5.02 Å². The van der Waals surface area contributed by atoms with Crippen molar-refractivity contribution in [1.29, 1.82) is 0 Å². The Hall–Kier alpha value is -1.80. The van der Waals surface area contributed by atoms with E-state index in [1.807, 2.05) is 6.92 Å². The number of anilines is 1. The van der Waals surface area contributed by atoms with Crippen LogP contribution in [0.25, 0.3) is 0 Å². The molecule has 0 spiro atoms. The van der Waals surface area contributed by atoms with Crippen molar-refractivity contribution in [3.63, 3.8) is 0 Å². The second kappa shape index (κ2) is 7.61. The van der Waals surface area contributed by atoms with Gasteiger partial charge in [0.05, 0.1) is 21.5 Å². The van der Waals surface area contributed by atoms with Crippen LogP contribution < -0.4 is 5.32 Å². The van der Waals surface area contributed by atoms with E-state index < -0.39 is 22.9 Å². The molecule has 0 bridgehead atoms. The molecule has 1 amide bonds. The van der Waals surface area contributed by atoms with Gasteiger partial charge in [0, 0.05) is 5.69 Å². The van der Waals surface area contributed by atoms with E-state index in [0.29, 0.717) is 10.9 Å². The lowest BCUT2D eigenvalue weighted by Crippen LogP contribution is -2.23. The number of halogens is 4. The summed E-state index contributed by atoms with van der Waals surface area (Å²) in [7, 11) is 0. The van der Waals surface area contributed by atoms with E-state index in [0.717, 1.165) is 23.9 Å². The van der Waals surface area contributed by atoms with Gasteiger partial charge in [0.25, 0.3) is 0 Å². The number of benzene rings is 1. The van der Waals surface area contributed by atoms with Crippen LogP contribution in [0.3, 0.4) is 0 Å². The molecule has 1 heterocycles. The fourth-order valence-corrected chi connectivity index (χ4v) is 3.13. The zero-order chi connectivity index (χ0) is 18.8. The fourth-order valence-electron chi connectivity index (χ4n) is 2.01. The van der Waals surface area contributed by atoms with E-state index in [1.165, 1.54) is 11.8 Å².